The second kappa shape index (κ2) is 4.76. The number of aliphatic hydroxyl groups is 1. The molecule has 0 fully saturated rings. The molecular weight excluding hydrogens is 212 g/mol. The quantitative estimate of drug-likeness (QED) is 0.875. The topological polar surface area (TPSA) is 33.4 Å². The van der Waals surface area contributed by atoms with E-state index in [1.807, 2.05) is 19.1 Å². The van der Waals surface area contributed by atoms with E-state index >= 15 is 0 Å². The smallest absolute Gasteiger partial charge is 0.135 e. The molecule has 90 valence electrons. The number of hydrogen-bond acceptors (Lipinski definition) is 2. The Kier molecular flexibility index (Phi) is 3.34. The Morgan fingerprint density at radius 1 is 1.06 bits per heavy atom. The molecule has 2 rings (SSSR count). The van der Waals surface area contributed by atoms with Crippen LogP contribution in [0.25, 0.3) is 0 Å². The highest BCUT2D eigenvalue weighted by Crippen LogP contribution is 2.25. The van der Waals surface area contributed by atoms with E-state index in [1.165, 1.54) is 16.7 Å². The first-order valence-corrected chi connectivity index (χ1v) is 5.86. The first-order valence-electron chi connectivity index (χ1n) is 5.86. The molecule has 0 bridgehead atoms. The van der Waals surface area contributed by atoms with Crippen LogP contribution in [0.3, 0.4) is 0 Å². The minimum absolute atomic E-state index is 0.565. The summed E-state index contributed by atoms with van der Waals surface area (Å²) in [5.74, 6) is 0.674. The van der Waals surface area contributed by atoms with Gasteiger partial charge in [-0.15, -0.1) is 0 Å². The fourth-order valence-electron chi connectivity index (χ4n) is 2.18. The average molecular weight is 230 g/mol. The van der Waals surface area contributed by atoms with E-state index in [2.05, 4.69) is 26.0 Å². The van der Waals surface area contributed by atoms with Crippen molar-refractivity contribution >= 4 is 0 Å². The Labute approximate surface area is 102 Å². The molecule has 0 aliphatic rings. The molecule has 17 heavy (non-hydrogen) atoms. The third-order valence-corrected chi connectivity index (χ3v) is 3.25. The molecule has 0 aliphatic heterocycles. The molecule has 0 spiro atoms. The van der Waals surface area contributed by atoms with Crippen molar-refractivity contribution in [3.8, 4) is 0 Å². The molecule has 0 saturated heterocycles. The molecule has 2 heteroatoms. The maximum Gasteiger partial charge on any atom is 0.135 e. The number of aliphatic hydroxyl groups excluding tert-OH is 1. The summed E-state index contributed by atoms with van der Waals surface area (Å²) >= 11 is 0. The molecule has 1 unspecified atom stereocenters. The molecule has 1 aromatic heterocycles. The molecule has 1 atom stereocenters. The van der Waals surface area contributed by atoms with Crippen molar-refractivity contribution in [3.05, 3.63) is 58.5 Å². The minimum Gasteiger partial charge on any atom is -0.466 e. The molecule has 1 N–H and O–H groups in total. The molecule has 0 saturated carbocycles. The van der Waals surface area contributed by atoms with Crippen molar-refractivity contribution < 1.29 is 9.52 Å². The second-order valence-electron chi connectivity index (χ2n) is 4.56. The van der Waals surface area contributed by atoms with E-state index in [0.717, 1.165) is 5.56 Å². The van der Waals surface area contributed by atoms with Crippen LogP contribution in [0, 0.1) is 20.8 Å². The first kappa shape index (κ1) is 11.9. The number of benzene rings is 1. The fourth-order valence-corrected chi connectivity index (χ4v) is 2.18. The molecular formula is C15H18O2. The van der Waals surface area contributed by atoms with Gasteiger partial charge in [0.25, 0.3) is 0 Å². The van der Waals surface area contributed by atoms with Gasteiger partial charge in [0.05, 0.1) is 6.26 Å². The van der Waals surface area contributed by atoms with Gasteiger partial charge in [-0.25, -0.2) is 0 Å². The van der Waals surface area contributed by atoms with E-state index in [9.17, 15) is 5.11 Å². The summed E-state index contributed by atoms with van der Waals surface area (Å²) in [4.78, 5) is 0. The number of aryl methyl sites for hydroxylation is 3. The van der Waals surface area contributed by atoms with Crippen molar-refractivity contribution in [1.82, 2.24) is 0 Å². The summed E-state index contributed by atoms with van der Waals surface area (Å²) in [7, 11) is 0. The SMILES string of the molecule is Cc1ccoc1C(O)Cc1c(C)cccc1C. The Bertz CT molecular complexity index is 491. The first-order chi connectivity index (χ1) is 8.09. The third kappa shape index (κ3) is 2.42. The molecule has 0 amide bonds. The van der Waals surface area contributed by atoms with Crippen LogP contribution in [-0.2, 0) is 6.42 Å². The lowest BCUT2D eigenvalue weighted by molar-refractivity contribution is 0.149. The van der Waals surface area contributed by atoms with Gasteiger partial charge < -0.3 is 9.52 Å². The van der Waals surface area contributed by atoms with Crippen molar-refractivity contribution in [2.24, 2.45) is 0 Å². The summed E-state index contributed by atoms with van der Waals surface area (Å²) in [6.45, 7) is 6.10. The van der Waals surface area contributed by atoms with Crippen molar-refractivity contribution in [2.75, 3.05) is 0 Å². The largest absolute Gasteiger partial charge is 0.466 e. The van der Waals surface area contributed by atoms with Crippen LogP contribution in [0.1, 0.15) is 34.1 Å². The zero-order valence-electron chi connectivity index (χ0n) is 10.5. The highest BCUT2D eigenvalue weighted by Gasteiger charge is 2.16. The summed E-state index contributed by atoms with van der Waals surface area (Å²) in [5.41, 5.74) is 4.64. The lowest BCUT2D eigenvalue weighted by Gasteiger charge is -2.13. The third-order valence-electron chi connectivity index (χ3n) is 3.25. The summed E-state index contributed by atoms with van der Waals surface area (Å²) in [5, 5.41) is 10.2. The van der Waals surface area contributed by atoms with Crippen LogP contribution in [0.2, 0.25) is 0 Å². The summed E-state index contributed by atoms with van der Waals surface area (Å²) in [6, 6.07) is 8.07. The van der Waals surface area contributed by atoms with Crippen LogP contribution in [0.15, 0.2) is 34.9 Å². The van der Waals surface area contributed by atoms with E-state index in [-0.39, 0.29) is 0 Å². The Hall–Kier alpha value is -1.54. The van der Waals surface area contributed by atoms with Crippen LogP contribution in [-0.4, -0.2) is 5.11 Å². The highest BCUT2D eigenvalue weighted by atomic mass is 16.4. The minimum atomic E-state index is -0.565. The molecule has 0 aliphatic carbocycles. The normalized spacial score (nSPS) is 12.7. The van der Waals surface area contributed by atoms with Crippen LogP contribution in [0.4, 0.5) is 0 Å². The van der Waals surface area contributed by atoms with Gasteiger partial charge in [0, 0.05) is 6.42 Å². The van der Waals surface area contributed by atoms with Crippen molar-refractivity contribution in [2.45, 2.75) is 33.3 Å². The standard InChI is InChI=1S/C15H18O2/c1-10-5-4-6-11(2)13(10)9-14(16)15-12(3)7-8-17-15/h4-8,14,16H,9H2,1-3H3. The maximum atomic E-state index is 10.2. The number of hydrogen-bond donors (Lipinski definition) is 1. The van der Waals surface area contributed by atoms with Crippen molar-refractivity contribution in [3.63, 3.8) is 0 Å². The molecule has 2 nitrogen and oxygen atoms in total. The van der Waals surface area contributed by atoms with Crippen molar-refractivity contribution in [1.29, 1.82) is 0 Å². The van der Waals surface area contributed by atoms with Gasteiger partial charge in [0.2, 0.25) is 0 Å². The monoisotopic (exact) mass is 230 g/mol. The summed E-state index contributed by atoms with van der Waals surface area (Å²) < 4.78 is 5.33. The lowest BCUT2D eigenvalue weighted by atomic mass is 9.96. The van der Waals surface area contributed by atoms with E-state index in [1.54, 1.807) is 6.26 Å². The Morgan fingerprint density at radius 3 is 2.24 bits per heavy atom. The number of furan rings is 1. The zero-order chi connectivity index (χ0) is 12.4. The van der Waals surface area contributed by atoms with Crippen LogP contribution >= 0.6 is 0 Å². The average Bonchev–Trinajstić information content (AvgIpc) is 2.70. The van der Waals surface area contributed by atoms with Gasteiger partial charge in [-0.3, -0.25) is 0 Å². The van der Waals surface area contributed by atoms with E-state index < -0.39 is 6.10 Å². The molecule has 0 radical (unpaired) electrons. The highest BCUT2D eigenvalue weighted by molar-refractivity contribution is 5.34. The van der Waals surface area contributed by atoms with E-state index in [0.29, 0.717) is 12.2 Å². The predicted molar refractivity (Wildman–Crippen MR) is 68.0 cm³/mol. The second-order valence-corrected chi connectivity index (χ2v) is 4.56. The van der Waals surface area contributed by atoms with Gasteiger partial charge in [0.1, 0.15) is 11.9 Å². The van der Waals surface area contributed by atoms with Crippen LogP contribution in [0.5, 0.6) is 0 Å². The molecule has 1 heterocycles. The van der Waals surface area contributed by atoms with Gasteiger partial charge in [-0.05, 0) is 49.1 Å². The summed E-state index contributed by atoms with van der Waals surface area (Å²) in [6.07, 6.45) is 1.66. The van der Waals surface area contributed by atoms with Gasteiger partial charge >= 0.3 is 0 Å². The van der Waals surface area contributed by atoms with Gasteiger partial charge in [-0.1, -0.05) is 18.2 Å². The Balaban J connectivity index is 2.25. The Morgan fingerprint density at radius 2 is 1.71 bits per heavy atom. The maximum absolute atomic E-state index is 10.2. The molecule has 1 aromatic carbocycles. The molecule has 2 aromatic rings. The number of rotatable bonds is 3. The fraction of sp³-hybridized carbons (Fsp3) is 0.333. The zero-order valence-corrected chi connectivity index (χ0v) is 10.5. The lowest BCUT2D eigenvalue weighted by Crippen LogP contribution is -2.05. The van der Waals surface area contributed by atoms with Crippen LogP contribution < -0.4 is 0 Å². The van der Waals surface area contributed by atoms with E-state index in [4.69, 9.17) is 4.42 Å². The van der Waals surface area contributed by atoms with Gasteiger partial charge in [0.15, 0.2) is 0 Å². The van der Waals surface area contributed by atoms with Gasteiger partial charge in [-0.2, -0.15) is 0 Å². The predicted octanol–water partition coefficient (Wildman–Crippen LogP) is 3.48.